The Morgan fingerprint density at radius 2 is 1.88 bits per heavy atom. The van der Waals surface area contributed by atoms with Crippen LogP contribution in [-0.4, -0.2) is 37.9 Å². The van der Waals surface area contributed by atoms with Crippen molar-refractivity contribution in [3.8, 4) is 0 Å². The van der Waals surface area contributed by atoms with Gasteiger partial charge in [-0.3, -0.25) is 9.59 Å². The Balaban J connectivity index is 1.95. The number of carbonyl (C=O) groups is 2. The quantitative estimate of drug-likeness (QED) is 0.626. The minimum atomic E-state index is -1.25. The zero-order valence-electron chi connectivity index (χ0n) is 14.7. The summed E-state index contributed by atoms with van der Waals surface area (Å²) in [5, 5.41) is 0. The topological polar surface area (TPSA) is 61.8 Å². The van der Waals surface area contributed by atoms with Gasteiger partial charge in [0.2, 0.25) is 0 Å². The lowest BCUT2D eigenvalue weighted by atomic mass is 9.76. The molecule has 0 spiro atoms. The van der Waals surface area contributed by atoms with Crippen LogP contribution in [-0.2, 0) is 30.2 Å². The Morgan fingerprint density at radius 3 is 2.50 bits per heavy atom. The number of esters is 1. The highest BCUT2D eigenvalue weighted by Gasteiger charge is 2.62. The highest BCUT2D eigenvalue weighted by Crippen LogP contribution is 2.47. The predicted octanol–water partition coefficient (Wildman–Crippen LogP) is 2.42. The van der Waals surface area contributed by atoms with E-state index < -0.39 is 17.5 Å². The minimum Gasteiger partial charge on any atom is -0.468 e. The molecule has 3 unspecified atom stereocenters. The Bertz CT molecular complexity index is 657. The van der Waals surface area contributed by atoms with E-state index in [0.717, 1.165) is 22.3 Å². The number of hydrogen-bond acceptors (Lipinski definition) is 5. The van der Waals surface area contributed by atoms with Gasteiger partial charge in [-0.25, -0.2) is 0 Å². The third kappa shape index (κ3) is 2.56. The van der Waals surface area contributed by atoms with Crippen molar-refractivity contribution >= 4 is 11.8 Å². The summed E-state index contributed by atoms with van der Waals surface area (Å²) < 4.78 is 16.1. The molecule has 0 amide bonds. The van der Waals surface area contributed by atoms with Crippen molar-refractivity contribution in [1.29, 1.82) is 0 Å². The summed E-state index contributed by atoms with van der Waals surface area (Å²) in [6.45, 7) is 6.16. The van der Waals surface area contributed by atoms with Crippen LogP contribution in [0.4, 0.5) is 0 Å². The fourth-order valence-electron chi connectivity index (χ4n) is 4.22. The SMILES string of the molecule is COC(=O)C1(C(=O)Cc2c(C)cc(C)cc2C)CCC2OCOC21. The first-order valence-corrected chi connectivity index (χ1v) is 8.31. The van der Waals surface area contributed by atoms with Gasteiger partial charge in [0.25, 0.3) is 0 Å². The lowest BCUT2D eigenvalue weighted by Crippen LogP contribution is -2.49. The molecule has 3 rings (SSSR count). The lowest BCUT2D eigenvalue weighted by Gasteiger charge is -2.29. The average Bonchev–Trinajstić information content (AvgIpc) is 3.12. The van der Waals surface area contributed by atoms with Crippen LogP contribution in [0.2, 0.25) is 0 Å². The Hall–Kier alpha value is -1.72. The van der Waals surface area contributed by atoms with Gasteiger partial charge < -0.3 is 14.2 Å². The van der Waals surface area contributed by atoms with E-state index in [-0.39, 0.29) is 25.1 Å². The van der Waals surface area contributed by atoms with Crippen LogP contribution in [0.1, 0.15) is 35.1 Å². The highest BCUT2D eigenvalue weighted by molar-refractivity contribution is 6.06. The van der Waals surface area contributed by atoms with E-state index in [0.29, 0.717) is 12.8 Å². The smallest absolute Gasteiger partial charge is 0.322 e. The molecule has 0 aromatic heterocycles. The van der Waals surface area contributed by atoms with Crippen LogP contribution in [0.15, 0.2) is 12.1 Å². The summed E-state index contributed by atoms with van der Waals surface area (Å²) >= 11 is 0. The molecule has 1 saturated heterocycles. The molecule has 1 aromatic carbocycles. The van der Waals surface area contributed by atoms with Crippen molar-refractivity contribution in [3.05, 3.63) is 34.4 Å². The van der Waals surface area contributed by atoms with E-state index in [1.807, 2.05) is 20.8 Å². The molecule has 5 nitrogen and oxygen atoms in total. The van der Waals surface area contributed by atoms with E-state index in [2.05, 4.69) is 12.1 Å². The van der Waals surface area contributed by atoms with Gasteiger partial charge in [0.05, 0.1) is 13.2 Å². The molecule has 0 N–H and O–H groups in total. The van der Waals surface area contributed by atoms with E-state index in [1.54, 1.807) is 0 Å². The first kappa shape index (κ1) is 17.1. The minimum absolute atomic E-state index is 0.129. The average molecular weight is 332 g/mol. The Kier molecular flexibility index (Phi) is 4.49. The Labute approximate surface area is 142 Å². The molecule has 2 fully saturated rings. The first-order chi connectivity index (χ1) is 11.4. The molecule has 1 heterocycles. The summed E-state index contributed by atoms with van der Waals surface area (Å²) in [6.07, 6.45) is 0.520. The predicted molar refractivity (Wildman–Crippen MR) is 87.7 cm³/mol. The van der Waals surface area contributed by atoms with Crippen molar-refractivity contribution in [3.63, 3.8) is 0 Å². The summed E-state index contributed by atoms with van der Waals surface area (Å²) in [5.74, 6) is -0.643. The fourth-order valence-corrected chi connectivity index (χ4v) is 4.22. The summed E-state index contributed by atoms with van der Waals surface area (Å²) in [4.78, 5) is 25.8. The monoisotopic (exact) mass is 332 g/mol. The van der Waals surface area contributed by atoms with Gasteiger partial charge >= 0.3 is 5.97 Å². The van der Waals surface area contributed by atoms with Crippen molar-refractivity contribution in [1.82, 2.24) is 0 Å². The zero-order valence-corrected chi connectivity index (χ0v) is 14.7. The number of hydrogen-bond donors (Lipinski definition) is 0. The standard InChI is InChI=1S/C19H24O5/c1-11-7-12(2)14(13(3)8-11)9-16(20)19(18(21)22-4)6-5-15-17(19)24-10-23-15/h7-8,15,17H,5-6,9-10H2,1-4H3. The van der Waals surface area contributed by atoms with Gasteiger partial charge in [-0.05, 0) is 50.3 Å². The molecule has 2 aliphatic rings. The highest BCUT2D eigenvalue weighted by atomic mass is 16.7. The van der Waals surface area contributed by atoms with Crippen LogP contribution >= 0.6 is 0 Å². The van der Waals surface area contributed by atoms with Crippen LogP contribution < -0.4 is 0 Å². The molecular formula is C19H24O5. The second-order valence-corrected chi connectivity index (χ2v) is 6.89. The number of benzene rings is 1. The molecular weight excluding hydrogens is 308 g/mol. The van der Waals surface area contributed by atoms with Crippen molar-refractivity contribution in [2.45, 2.75) is 52.2 Å². The van der Waals surface area contributed by atoms with Gasteiger partial charge in [0.1, 0.15) is 12.9 Å². The number of Topliss-reactive ketones (excluding diaryl/α,β-unsaturated/α-hetero) is 1. The van der Waals surface area contributed by atoms with E-state index in [4.69, 9.17) is 14.2 Å². The van der Waals surface area contributed by atoms with Gasteiger partial charge in [-0.15, -0.1) is 0 Å². The molecule has 1 saturated carbocycles. The van der Waals surface area contributed by atoms with Crippen molar-refractivity contribution < 1.29 is 23.8 Å². The van der Waals surface area contributed by atoms with Gasteiger partial charge in [-0.2, -0.15) is 0 Å². The van der Waals surface area contributed by atoms with E-state index in [1.165, 1.54) is 7.11 Å². The zero-order chi connectivity index (χ0) is 17.5. The number of carbonyl (C=O) groups excluding carboxylic acids is 2. The maximum Gasteiger partial charge on any atom is 0.322 e. The second-order valence-electron chi connectivity index (χ2n) is 6.89. The van der Waals surface area contributed by atoms with Crippen molar-refractivity contribution in [2.24, 2.45) is 5.41 Å². The normalized spacial score (nSPS) is 28.7. The van der Waals surface area contributed by atoms with Gasteiger partial charge in [0, 0.05) is 6.42 Å². The molecule has 130 valence electrons. The van der Waals surface area contributed by atoms with Crippen molar-refractivity contribution in [2.75, 3.05) is 13.9 Å². The molecule has 0 radical (unpaired) electrons. The number of methoxy groups -OCH3 is 1. The maximum absolute atomic E-state index is 13.2. The number of ketones is 1. The lowest BCUT2D eigenvalue weighted by molar-refractivity contribution is -0.165. The van der Waals surface area contributed by atoms with Crippen LogP contribution in [0, 0.1) is 26.2 Å². The molecule has 1 aliphatic carbocycles. The second kappa shape index (κ2) is 6.30. The fraction of sp³-hybridized carbons (Fsp3) is 0.579. The molecule has 3 atom stereocenters. The number of ether oxygens (including phenoxy) is 3. The Morgan fingerprint density at radius 1 is 1.21 bits per heavy atom. The van der Waals surface area contributed by atoms with Crippen LogP contribution in [0.3, 0.4) is 0 Å². The van der Waals surface area contributed by atoms with Gasteiger partial charge in [-0.1, -0.05) is 17.7 Å². The molecule has 1 aliphatic heterocycles. The molecule has 24 heavy (non-hydrogen) atoms. The summed E-state index contributed by atoms with van der Waals surface area (Å²) in [5.41, 5.74) is 3.03. The van der Waals surface area contributed by atoms with Crippen LogP contribution in [0.25, 0.3) is 0 Å². The van der Waals surface area contributed by atoms with Gasteiger partial charge in [0.15, 0.2) is 11.2 Å². The summed E-state index contributed by atoms with van der Waals surface area (Å²) in [6, 6.07) is 4.13. The summed E-state index contributed by atoms with van der Waals surface area (Å²) in [7, 11) is 1.32. The molecule has 5 heteroatoms. The molecule has 1 aromatic rings. The first-order valence-electron chi connectivity index (χ1n) is 8.31. The van der Waals surface area contributed by atoms with E-state index in [9.17, 15) is 9.59 Å². The van der Waals surface area contributed by atoms with E-state index >= 15 is 0 Å². The third-order valence-corrected chi connectivity index (χ3v) is 5.40. The largest absolute Gasteiger partial charge is 0.468 e. The third-order valence-electron chi connectivity index (χ3n) is 5.40. The molecule has 0 bridgehead atoms. The number of fused-ring (bicyclic) bond motifs is 1. The number of rotatable bonds is 4. The van der Waals surface area contributed by atoms with Crippen LogP contribution in [0.5, 0.6) is 0 Å². The number of aryl methyl sites for hydroxylation is 3. The maximum atomic E-state index is 13.2.